The first-order chi connectivity index (χ1) is 10.7. The summed E-state index contributed by atoms with van der Waals surface area (Å²) in [5.74, 6) is 1.09. The number of Topliss-reactive ketones (excluding diaryl/α,β-unsaturated/α-hetero) is 1. The lowest BCUT2D eigenvalue weighted by atomic mass is 9.75. The third-order valence-electron chi connectivity index (χ3n) is 4.40. The van der Waals surface area contributed by atoms with E-state index in [1.165, 1.54) is 0 Å². The van der Waals surface area contributed by atoms with Crippen molar-refractivity contribution >= 4 is 11.5 Å². The summed E-state index contributed by atoms with van der Waals surface area (Å²) in [5.41, 5.74) is 1.39. The molecular formula is C19H21NO2. The Labute approximate surface area is 131 Å². The van der Waals surface area contributed by atoms with Crippen LogP contribution in [0, 0.1) is 0 Å². The normalized spacial score (nSPS) is 21.4. The van der Waals surface area contributed by atoms with Gasteiger partial charge in [0, 0.05) is 12.1 Å². The number of ketones is 1. The van der Waals surface area contributed by atoms with Crippen LogP contribution in [0.5, 0.6) is 5.75 Å². The fourth-order valence-electron chi connectivity index (χ4n) is 3.18. The summed E-state index contributed by atoms with van der Waals surface area (Å²) in [6.07, 6.45) is 3.52. The van der Waals surface area contributed by atoms with Crippen LogP contribution in [0.1, 0.15) is 31.2 Å². The average Bonchev–Trinajstić information content (AvgIpc) is 2.58. The Morgan fingerprint density at radius 3 is 2.36 bits per heavy atom. The van der Waals surface area contributed by atoms with Crippen molar-refractivity contribution in [1.82, 2.24) is 0 Å². The van der Waals surface area contributed by atoms with Crippen LogP contribution in [0.4, 0.5) is 5.69 Å². The fourth-order valence-corrected chi connectivity index (χ4v) is 3.18. The minimum atomic E-state index is -0.603. The molecule has 0 radical (unpaired) electrons. The molecule has 0 saturated heterocycles. The highest BCUT2D eigenvalue weighted by atomic mass is 16.5. The molecule has 114 valence electrons. The van der Waals surface area contributed by atoms with E-state index in [2.05, 4.69) is 5.32 Å². The van der Waals surface area contributed by atoms with Gasteiger partial charge in [-0.05, 0) is 49.1 Å². The summed E-state index contributed by atoms with van der Waals surface area (Å²) < 4.78 is 5.20. The lowest BCUT2D eigenvalue weighted by Gasteiger charge is -2.38. The Hall–Kier alpha value is -2.29. The maximum atomic E-state index is 12.8. The molecule has 0 spiro atoms. The molecule has 1 N–H and O–H groups in total. The van der Waals surface area contributed by atoms with Crippen LogP contribution < -0.4 is 10.1 Å². The van der Waals surface area contributed by atoms with Gasteiger partial charge in [0.25, 0.3) is 0 Å². The second-order valence-corrected chi connectivity index (χ2v) is 5.76. The Morgan fingerprint density at radius 2 is 1.73 bits per heavy atom. The Kier molecular flexibility index (Phi) is 4.14. The zero-order valence-corrected chi connectivity index (χ0v) is 12.8. The van der Waals surface area contributed by atoms with Gasteiger partial charge in [-0.2, -0.15) is 0 Å². The highest BCUT2D eigenvalue weighted by Gasteiger charge is 2.41. The minimum absolute atomic E-state index is 0.278. The molecule has 3 nitrogen and oxygen atoms in total. The summed E-state index contributed by atoms with van der Waals surface area (Å²) in [6, 6.07) is 17.8. The van der Waals surface area contributed by atoms with Crippen LogP contribution in [-0.2, 0) is 10.3 Å². The van der Waals surface area contributed by atoms with Gasteiger partial charge in [-0.15, -0.1) is 0 Å². The standard InChI is InChI=1S/C19H21NO2/c1-22-17-12-10-16(11-13-17)20-19(14-6-5-9-18(19)21)15-7-3-2-4-8-15/h2-4,7-8,10-13,20H,5-6,9,14H2,1H3. The molecule has 3 rings (SSSR count). The van der Waals surface area contributed by atoms with Gasteiger partial charge in [0.1, 0.15) is 11.3 Å². The summed E-state index contributed by atoms with van der Waals surface area (Å²) in [4.78, 5) is 12.8. The lowest BCUT2D eigenvalue weighted by molar-refractivity contribution is -0.125. The number of rotatable bonds is 4. The molecule has 1 unspecified atom stereocenters. The first-order valence-corrected chi connectivity index (χ1v) is 7.76. The van der Waals surface area contributed by atoms with E-state index in [0.717, 1.165) is 36.3 Å². The summed E-state index contributed by atoms with van der Waals surface area (Å²) in [7, 11) is 1.65. The number of anilines is 1. The number of nitrogens with one attached hydrogen (secondary N) is 1. The molecule has 0 aromatic heterocycles. The van der Waals surface area contributed by atoms with Crippen molar-refractivity contribution in [2.24, 2.45) is 0 Å². The van der Waals surface area contributed by atoms with Crippen LogP contribution in [0.25, 0.3) is 0 Å². The van der Waals surface area contributed by atoms with Crippen molar-refractivity contribution in [2.75, 3.05) is 12.4 Å². The van der Waals surface area contributed by atoms with Crippen LogP contribution >= 0.6 is 0 Å². The third kappa shape index (κ3) is 2.71. The van der Waals surface area contributed by atoms with Crippen molar-refractivity contribution in [3.05, 3.63) is 60.2 Å². The van der Waals surface area contributed by atoms with E-state index in [-0.39, 0.29) is 5.78 Å². The van der Waals surface area contributed by atoms with E-state index in [4.69, 9.17) is 4.74 Å². The molecule has 0 amide bonds. The van der Waals surface area contributed by atoms with E-state index in [1.54, 1.807) is 7.11 Å². The van der Waals surface area contributed by atoms with Gasteiger partial charge in [0.15, 0.2) is 5.78 Å². The highest BCUT2D eigenvalue weighted by molar-refractivity contribution is 5.93. The number of methoxy groups -OCH3 is 1. The van der Waals surface area contributed by atoms with Crippen LogP contribution in [0.15, 0.2) is 54.6 Å². The Bertz CT molecular complexity index is 636. The van der Waals surface area contributed by atoms with Gasteiger partial charge in [-0.25, -0.2) is 0 Å². The monoisotopic (exact) mass is 295 g/mol. The molecule has 1 aliphatic carbocycles. The van der Waals surface area contributed by atoms with Crippen molar-refractivity contribution in [2.45, 2.75) is 31.2 Å². The predicted molar refractivity (Wildman–Crippen MR) is 88.2 cm³/mol. The fraction of sp³-hybridized carbons (Fsp3) is 0.316. The topological polar surface area (TPSA) is 38.3 Å². The number of hydrogen-bond acceptors (Lipinski definition) is 3. The summed E-state index contributed by atoms with van der Waals surface area (Å²) in [6.45, 7) is 0. The minimum Gasteiger partial charge on any atom is -0.497 e. The first kappa shape index (κ1) is 14.6. The molecule has 0 bridgehead atoms. The zero-order valence-electron chi connectivity index (χ0n) is 12.8. The van der Waals surface area contributed by atoms with Crippen LogP contribution in [0.3, 0.4) is 0 Å². The molecule has 1 aliphatic rings. The molecule has 22 heavy (non-hydrogen) atoms. The average molecular weight is 295 g/mol. The van der Waals surface area contributed by atoms with Crippen molar-refractivity contribution in [1.29, 1.82) is 0 Å². The number of carbonyl (C=O) groups is 1. The van der Waals surface area contributed by atoms with Gasteiger partial charge in [0.05, 0.1) is 7.11 Å². The number of benzene rings is 2. The molecule has 1 fully saturated rings. The van der Waals surface area contributed by atoms with Gasteiger partial charge in [-0.1, -0.05) is 30.3 Å². The third-order valence-corrected chi connectivity index (χ3v) is 4.40. The second kappa shape index (κ2) is 6.22. The van der Waals surface area contributed by atoms with Crippen molar-refractivity contribution in [3.63, 3.8) is 0 Å². The van der Waals surface area contributed by atoms with Gasteiger partial charge in [0.2, 0.25) is 0 Å². The number of carbonyl (C=O) groups excluding carboxylic acids is 1. The number of hydrogen-bond donors (Lipinski definition) is 1. The van der Waals surface area contributed by atoms with Gasteiger partial charge < -0.3 is 10.1 Å². The maximum absolute atomic E-state index is 12.8. The van der Waals surface area contributed by atoms with E-state index < -0.39 is 5.54 Å². The Morgan fingerprint density at radius 1 is 1.00 bits per heavy atom. The SMILES string of the molecule is COc1ccc(NC2(c3ccccc3)CCCCC2=O)cc1. The molecule has 2 aromatic rings. The van der Waals surface area contributed by atoms with Crippen molar-refractivity contribution < 1.29 is 9.53 Å². The smallest absolute Gasteiger partial charge is 0.162 e. The molecule has 0 heterocycles. The van der Waals surface area contributed by atoms with E-state index in [9.17, 15) is 4.79 Å². The molecule has 1 atom stereocenters. The van der Waals surface area contributed by atoms with E-state index in [0.29, 0.717) is 6.42 Å². The summed E-state index contributed by atoms with van der Waals surface area (Å²) >= 11 is 0. The quantitative estimate of drug-likeness (QED) is 0.921. The first-order valence-electron chi connectivity index (χ1n) is 7.76. The molecule has 3 heteroatoms. The maximum Gasteiger partial charge on any atom is 0.162 e. The summed E-state index contributed by atoms with van der Waals surface area (Å²) in [5, 5.41) is 3.51. The number of ether oxygens (including phenoxy) is 1. The molecule has 1 saturated carbocycles. The zero-order chi connectivity index (χ0) is 15.4. The van der Waals surface area contributed by atoms with Gasteiger partial charge >= 0.3 is 0 Å². The Balaban J connectivity index is 1.96. The molecular weight excluding hydrogens is 274 g/mol. The van der Waals surface area contributed by atoms with Crippen LogP contribution in [-0.4, -0.2) is 12.9 Å². The van der Waals surface area contributed by atoms with Crippen molar-refractivity contribution in [3.8, 4) is 5.75 Å². The predicted octanol–water partition coefficient (Wildman–Crippen LogP) is 4.15. The molecule has 2 aromatic carbocycles. The lowest BCUT2D eigenvalue weighted by Crippen LogP contribution is -2.45. The van der Waals surface area contributed by atoms with E-state index in [1.807, 2.05) is 54.6 Å². The van der Waals surface area contributed by atoms with Crippen LogP contribution in [0.2, 0.25) is 0 Å². The molecule has 0 aliphatic heterocycles. The largest absolute Gasteiger partial charge is 0.497 e. The van der Waals surface area contributed by atoms with E-state index >= 15 is 0 Å². The second-order valence-electron chi connectivity index (χ2n) is 5.76. The van der Waals surface area contributed by atoms with Gasteiger partial charge in [-0.3, -0.25) is 4.79 Å². The highest BCUT2D eigenvalue weighted by Crippen LogP contribution is 2.37.